The molecule has 0 bridgehead atoms. The number of primary amides is 1. The Morgan fingerprint density at radius 3 is 2.58 bits per heavy atom. The minimum atomic E-state index is -1.07. The van der Waals surface area contributed by atoms with Gasteiger partial charge in [-0.2, -0.15) is 0 Å². The number of nitrogens with one attached hydrogen (secondary N) is 1. The van der Waals surface area contributed by atoms with Gasteiger partial charge in [-0.25, -0.2) is 0 Å². The number of halogens is 1. The van der Waals surface area contributed by atoms with Crippen LogP contribution in [0.4, 0.5) is 0 Å². The smallest absolute Gasteiger partial charge is 0.237 e. The Labute approximate surface area is 159 Å². The van der Waals surface area contributed by atoms with Gasteiger partial charge in [-0.05, 0) is 55.7 Å². The highest BCUT2D eigenvalue weighted by atomic mass is 35.5. The molecule has 6 heteroatoms. The van der Waals surface area contributed by atoms with Crippen LogP contribution in [-0.4, -0.2) is 17.4 Å². The summed E-state index contributed by atoms with van der Waals surface area (Å²) >= 11 is 6.17. The van der Waals surface area contributed by atoms with Gasteiger partial charge in [0, 0.05) is 10.9 Å². The van der Waals surface area contributed by atoms with Crippen molar-refractivity contribution >= 4 is 23.4 Å². The molecule has 26 heavy (non-hydrogen) atoms. The first-order valence-electron chi connectivity index (χ1n) is 9.54. The predicted octanol–water partition coefficient (Wildman–Crippen LogP) is 3.06. The van der Waals surface area contributed by atoms with E-state index in [9.17, 15) is 9.59 Å². The van der Waals surface area contributed by atoms with E-state index >= 15 is 0 Å². The molecule has 0 radical (unpaired) electrons. The second kappa shape index (κ2) is 7.97. The molecule has 5 N–H and O–H groups in total. The third-order valence-corrected chi connectivity index (χ3v) is 6.26. The second-order valence-electron chi connectivity index (χ2n) is 7.90. The van der Waals surface area contributed by atoms with Gasteiger partial charge in [0.15, 0.2) is 0 Å². The summed E-state index contributed by atoms with van der Waals surface area (Å²) in [5.74, 6) is -0.404. The molecule has 0 heterocycles. The summed E-state index contributed by atoms with van der Waals surface area (Å²) < 4.78 is 0. The fraction of sp³-hybridized carbons (Fsp3) is 0.600. The minimum absolute atomic E-state index is 0.0300. The zero-order valence-electron chi connectivity index (χ0n) is 15.0. The highest BCUT2D eigenvalue weighted by Gasteiger charge is 2.41. The first-order valence-corrected chi connectivity index (χ1v) is 9.91. The number of benzene rings is 1. The maximum atomic E-state index is 13.0. The Bertz CT molecular complexity index is 675. The third kappa shape index (κ3) is 4.21. The van der Waals surface area contributed by atoms with Crippen LogP contribution in [-0.2, 0) is 9.59 Å². The number of hydrogen-bond acceptors (Lipinski definition) is 3. The molecule has 1 aromatic carbocycles. The van der Waals surface area contributed by atoms with Gasteiger partial charge in [-0.3, -0.25) is 9.59 Å². The van der Waals surface area contributed by atoms with Crippen molar-refractivity contribution in [1.29, 1.82) is 0 Å². The SMILES string of the molecule is NC(=O)C1(N)CCCC(C(=O)NC(c2cccc(Cl)c2)C2CCCC2)C1. The van der Waals surface area contributed by atoms with Crippen molar-refractivity contribution < 1.29 is 9.59 Å². The van der Waals surface area contributed by atoms with Gasteiger partial charge in [-0.15, -0.1) is 0 Å². The number of amides is 2. The molecule has 0 aliphatic heterocycles. The molecule has 3 unspecified atom stereocenters. The largest absolute Gasteiger partial charge is 0.368 e. The predicted molar refractivity (Wildman–Crippen MR) is 102 cm³/mol. The molecule has 2 saturated carbocycles. The van der Waals surface area contributed by atoms with Crippen LogP contribution >= 0.6 is 11.6 Å². The average Bonchev–Trinajstić information content (AvgIpc) is 3.13. The Morgan fingerprint density at radius 1 is 1.19 bits per heavy atom. The summed E-state index contributed by atoms with van der Waals surface area (Å²) in [6, 6.07) is 7.67. The maximum absolute atomic E-state index is 13.0. The lowest BCUT2D eigenvalue weighted by Crippen LogP contribution is -2.56. The van der Waals surface area contributed by atoms with E-state index in [0.717, 1.165) is 31.2 Å². The van der Waals surface area contributed by atoms with Crippen LogP contribution in [0.1, 0.15) is 63.0 Å². The molecule has 2 fully saturated rings. The summed E-state index contributed by atoms with van der Waals surface area (Å²) in [4.78, 5) is 24.7. The van der Waals surface area contributed by atoms with Crippen LogP contribution in [0, 0.1) is 11.8 Å². The van der Waals surface area contributed by atoms with Gasteiger partial charge in [0.05, 0.1) is 11.6 Å². The van der Waals surface area contributed by atoms with Crippen LogP contribution in [0.5, 0.6) is 0 Å². The summed E-state index contributed by atoms with van der Waals surface area (Å²) in [5.41, 5.74) is 11.6. The molecule has 5 nitrogen and oxygen atoms in total. The van der Waals surface area contributed by atoms with Crippen LogP contribution in [0.15, 0.2) is 24.3 Å². The van der Waals surface area contributed by atoms with Gasteiger partial charge in [0.25, 0.3) is 0 Å². The Kier molecular flexibility index (Phi) is 5.88. The molecule has 2 aliphatic rings. The van der Waals surface area contributed by atoms with Crippen LogP contribution in [0.2, 0.25) is 5.02 Å². The first kappa shape index (κ1) is 19.2. The van der Waals surface area contributed by atoms with E-state index in [0.29, 0.717) is 23.8 Å². The van der Waals surface area contributed by atoms with Crippen molar-refractivity contribution in [3.05, 3.63) is 34.9 Å². The van der Waals surface area contributed by atoms with Crippen molar-refractivity contribution in [2.24, 2.45) is 23.3 Å². The van der Waals surface area contributed by atoms with Crippen molar-refractivity contribution in [2.45, 2.75) is 62.9 Å². The van der Waals surface area contributed by atoms with Crippen molar-refractivity contribution in [2.75, 3.05) is 0 Å². The van der Waals surface area contributed by atoms with Crippen LogP contribution in [0.25, 0.3) is 0 Å². The van der Waals surface area contributed by atoms with E-state index in [1.165, 1.54) is 12.8 Å². The zero-order valence-corrected chi connectivity index (χ0v) is 15.8. The Hall–Kier alpha value is -1.59. The number of carbonyl (C=O) groups is 2. The van der Waals surface area contributed by atoms with Crippen molar-refractivity contribution in [1.82, 2.24) is 5.32 Å². The van der Waals surface area contributed by atoms with Gasteiger partial charge in [0.1, 0.15) is 0 Å². The first-order chi connectivity index (χ1) is 12.4. The fourth-order valence-corrected chi connectivity index (χ4v) is 4.69. The van der Waals surface area contributed by atoms with Crippen LogP contribution in [0.3, 0.4) is 0 Å². The molecule has 2 amide bonds. The lowest BCUT2D eigenvalue weighted by Gasteiger charge is -2.36. The van der Waals surface area contributed by atoms with E-state index < -0.39 is 11.4 Å². The van der Waals surface area contributed by atoms with Crippen molar-refractivity contribution in [3.8, 4) is 0 Å². The number of carbonyl (C=O) groups excluding carboxylic acids is 2. The van der Waals surface area contributed by atoms with Gasteiger partial charge in [-0.1, -0.05) is 43.0 Å². The highest BCUT2D eigenvalue weighted by molar-refractivity contribution is 6.30. The van der Waals surface area contributed by atoms with E-state index in [-0.39, 0.29) is 17.9 Å². The quantitative estimate of drug-likeness (QED) is 0.735. The van der Waals surface area contributed by atoms with E-state index in [4.69, 9.17) is 23.1 Å². The van der Waals surface area contributed by atoms with E-state index in [1.54, 1.807) is 0 Å². The average molecular weight is 378 g/mol. The number of hydrogen-bond donors (Lipinski definition) is 3. The molecule has 0 saturated heterocycles. The Balaban J connectivity index is 1.76. The normalized spacial score (nSPS) is 27.8. The second-order valence-corrected chi connectivity index (χ2v) is 8.34. The minimum Gasteiger partial charge on any atom is -0.368 e. The summed E-state index contributed by atoms with van der Waals surface area (Å²) in [5, 5.41) is 3.92. The van der Waals surface area contributed by atoms with Gasteiger partial charge < -0.3 is 16.8 Å². The summed E-state index contributed by atoms with van der Waals surface area (Å²) in [7, 11) is 0. The molecule has 1 aromatic rings. The standard InChI is InChI=1S/C20H28ClN3O2/c21-16-9-3-7-14(11-16)17(13-5-1-2-6-13)24-18(25)15-8-4-10-20(23,12-15)19(22)26/h3,7,9,11,13,15,17H,1-2,4-6,8,10,12,23H2,(H2,22,26)(H,24,25). The molecule has 3 atom stereocenters. The summed E-state index contributed by atoms with van der Waals surface area (Å²) in [6.45, 7) is 0. The van der Waals surface area contributed by atoms with E-state index in [2.05, 4.69) is 5.32 Å². The van der Waals surface area contributed by atoms with Gasteiger partial charge in [0.2, 0.25) is 11.8 Å². The highest BCUT2D eigenvalue weighted by Crippen LogP contribution is 2.37. The molecule has 3 rings (SSSR count). The molecule has 2 aliphatic carbocycles. The zero-order chi connectivity index (χ0) is 18.7. The lowest BCUT2D eigenvalue weighted by molar-refractivity contribution is -0.130. The lowest BCUT2D eigenvalue weighted by atomic mass is 9.75. The topological polar surface area (TPSA) is 98.2 Å². The number of nitrogens with two attached hydrogens (primary N) is 2. The fourth-order valence-electron chi connectivity index (χ4n) is 4.49. The molecule has 0 spiro atoms. The monoisotopic (exact) mass is 377 g/mol. The van der Waals surface area contributed by atoms with Gasteiger partial charge >= 0.3 is 0 Å². The van der Waals surface area contributed by atoms with Crippen molar-refractivity contribution in [3.63, 3.8) is 0 Å². The molecular weight excluding hydrogens is 350 g/mol. The van der Waals surface area contributed by atoms with E-state index in [1.807, 2.05) is 24.3 Å². The van der Waals surface area contributed by atoms with Crippen LogP contribution < -0.4 is 16.8 Å². The molecular formula is C20H28ClN3O2. The summed E-state index contributed by atoms with van der Waals surface area (Å²) in [6.07, 6.45) is 6.93. The Morgan fingerprint density at radius 2 is 1.92 bits per heavy atom. The molecule has 0 aromatic heterocycles. The maximum Gasteiger partial charge on any atom is 0.237 e. The molecule has 142 valence electrons. The third-order valence-electron chi connectivity index (χ3n) is 6.02. The number of rotatable bonds is 5.